The lowest BCUT2D eigenvalue weighted by molar-refractivity contribution is 0.506. The molecule has 1 fully saturated rings. The molecule has 14 heavy (non-hydrogen) atoms. The van der Waals surface area contributed by atoms with E-state index in [1.54, 1.807) is 11.3 Å². The number of hydrogen-bond donors (Lipinski definition) is 1. The van der Waals surface area contributed by atoms with Crippen molar-refractivity contribution in [2.45, 2.75) is 38.6 Å². The van der Waals surface area contributed by atoms with Crippen LogP contribution in [0.25, 0.3) is 0 Å². The van der Waals surface area contributed by atoms with Gasteiger partial charge in [-0.15, -0.1) is 0 Å². The summed E-state index contributed by atoms with van der Waals surface area (Å²) in [5, 5.41) is 8.06. The molecule has 0 amide bonds. The lowest BCUT2D eigenvalue weighted by atomic mass is 10.1. The van der Waals surface area contributed by atoms with Gasteiger partial charge < -0.3 is 5.32 Å². The van der Waals surface area contributed by atoms with E-state index in [1.165, 1.54) is 31.2 Å². The minimum atomic E-state index is 0.795. The van der Waals surface area contributed by atoms with Gasteiger partial charge in [0, 0.05) is 6.04 Å². The molecule has 1 aliphatic carbocycles. The summed E-state index contributed by atoms with van der Waals surface area (Å²) < 4.78 is 0. The maximum atomic E-state index is 3.65. The van der Waals surface area contributed by atoms with Gasteiger partial charge in [0.15, 0.2) is 0 Å². The first-order chi connectivity index (χ1) is 6.84. The van der Waals surface area contributed by atoms with Crippen molar-refractivity contribution < 1.29 is 0 Å². The topological polar surface area (TPSA) is 12.0 Å². The van der Waals surface area contributed by atoms with E-state index in [0.717, 1.165) is 18.5 Å². The molecule has 1 nitrogen and oxygen atoms in total. The third-order valence-corrected chi connectivity index (χ3v) is 3.85. The van der Waals surface area contributed by atoms with Crippen LogP contribution in [0.2, 0.25) is 0 Å². The molecule has 2 rings (SSSR count). The summed E-state index contributed by atoms with van der Waals surface area (Å²) in [5.74, 6) is 0.939. The summed E-state index contributed by atoms with van der Waals surface area (Å²) in [6.07, 6.45) is 5.36. The van der Waals surface area contributed by atoms with Crippen molar-refractivity contribution in [3.63, 3.8) is 0 Å². The Morgan fingerprint density at radius 3 is 3.07 bits per heavy atom. The van der Waals surface area contributed by atoms with Crippen molar-refractivity contribution in [2.24, 2.45) is 5.92 Å². The van der Waals surface area contributed by atoms with Gasteiger partial charge in [-0.1, -0.05) is 6.92 Å². The molecule has 1 aromatic heterocycles. The zero-order valence-electron chi connectivity index (χ0n) is 8.83. The molecular formula is C12H19NS. The summed E-state index contributed by atoms with van der Waals surface area (Å²) in [5.41, 5.74) is 1.48. The summed E-state index contributed by atoms with van der Waals surface area (Å²) in [7, 11) is 0. The quantitative estimate of drug-likeness (QED) is 0.803. The van der Waals surface area contributed by atoms with Crippen molar-refractivity contribution >= 4 is 11.3 Å². The third kappa shape index (κ3) is 2.82. The van der Waals surface area contributed by atoms with Gasteiger partial charge in [0.2, 0.25) is 0 Å². The summed E-state index contributed by atoms with van der Waals surface area (Å²) >= 11 is 1.79. The Kier molecular flexibility index (Phi) is 3.60. The molecule has 0 aliphatic heterocycles. The number of thiophene rings is 1. The fourth-order valence-electron chi connectivity index (χ4n) is 2.25. The smallest absolute Gasteiger partial charge is 0.00698 e. The minimum absolute atomic E-state index is 0.795. The molecule has 1 saturated carbocycles. The molecule has 1 N–H and O–H groups in total. The normalized spacial score (nSPS) is 26.9. The SMILES string of the molecule is CC1CCC(NCCc2ccsc2)C1. The van der Waals surface area contributed by atoms with Crippen molar-refractivity contribution in [3.8, 4) is 0 Å². The first-order valence-electron chi connectivity index (χ1n) is 5.59. The van der Waals surface area contributed by atoms with Crippen LogP contribution >= 0.6 is 11.3 Å². The second-order valence-corrected chi connectivity index (χ2v) is 5.23. The highest BCUT2D eigenvalue weighted by Crippen LogP contribution is 2.24. The van der Waals surface area contributed by atoms with Gasteiger partial charge in [-0.05, 0) is 60.5 Å². The van der Waals surface area contributed by atoms with Crippen LogP contribution in [0.3, 0.4) is 0 Å². The van der Waals surface area contributed by atoms with Crippen LogP contribution < -0.4 is 5.32 Å². The van der Waals surface area contributed by atoms with E-state index in [1.807, 2.05) is 0 Å². The maximum Gasteiger partial charge on any atom is 0.00698 e. The Morgan fingerprint density at radius 2 is 2.43 bits per heavy atom. The number of nitrogens with one attached hydrogen (secondary N) is 1. The summed E-state index contributed by atoms with van der Waals surface area (Å²) in [6.45, 7) is 3.51. The average Bonchev–Trinajstić information content (AvgIpc) is 2.77. The molecule has 78 valence electrons. The third-order valence-electron chi connectivity index (χ3n) is 3.12. The standard InChI is InChI=1S/C12H19NS/c1-10-2-3-12(8-10)13-6-4-11-5-7-14-9-11/h5,7,9-10,12-13H,2-4,6,8H2,1H3. The Morgan fingerprint density at radius 1 is 1.50 bits per heavy atom. The van der Waals surface area contributed by atoms with E-state index in [4.69, 9.17) is 0 Å². The van der Waals surface area contributed by atoms with Crippen molar-refractivity contribution in [2.75, 3.05) is 6.54 Å². The van der Waals surface area contributed by atoms with E-state index in [9.17, 15) is 0 Å². The largest absolute Gasteiger partial charge is 0.314 e. The Balaban J connectivity index is 1.64. The Hall–Kier alpha value is -0.340. The predicted octanol–water partition coefficient (Wildman–Crippen LogP) is 3.07. The van der Waals surface area contributed by atoms with Crippen molar-refractivity contribution in [1.29, 1.82) is 0 Å². The molecule has 1 heterocycles. The van der Waals surface area contributed by atoms with Gasteiger partial charge in [0.25, 0.3) is 0 Å². The molecule has 2 unspecified atom stereocenters. The average molecular weight is 209 g/mol. The van der Waals surface area contributed by atoms with Crippen LogP contribution in [0, 0.1) is 5.92 Å². The zero-order valence-corrected chi connectivity index (χ0v) is 9.65. The zero-order chi connectivity index (χ0) is 9.80. The lowest BCUT2D eigenvalue weighted by Gasteiger charge is -2.11. The molecule has 1 aromatic rings. The molecule has 1 aliphatic rings. The van der Waals surface area contributed by atoms with Crippen LogP contribution in [0.5, 0.6) is 0 Å². The molecule has 0 spiro atoms. The van der Waals surface area contributed by atoms with Crippen molar-refractivity contribution in [1.82, 2.24) is 5.32 Å². The monoisotopic (exact) mass is 209 g/mol. The number of hydrogen-bond acceptors (Lipinski definition) is 2. The first-order valence-corrected chi connectivity index (χ1v) is 6.53. The highest BCUT2D eigenvalue weighted by Gasteiger charge is 2.19. The molecule has 0 saturated heterocycles. The van der Waals surface area contributed by atoms with Crippen LogP contribution in [-0.4, -0.2) is 12.6 Å². The second-order valence-electron chi connectivity index (χ2n) is 4.45. The molecule has 2 atom stereocenters. The van der Waals surface area contributed by atoms with E-state index in [2.05, 4.69) is 29.1 Å². The van der Waals surface area contributed by atoms with E-state index in [-0.39, 0.29) is 0 Å². The minimum Gasteiger partial charge on any atom is -0.314 e. The second kappa shape index (κ2) is 4.94. The first kappa shape index (κ1) is 10.2. The molecule has 0 aromatic carbocycles. The highest BCUT2D eigenvalue weighted by molar-refractivity contribution is 7.07. The molecule has 2 heteroatoms. The van der Waals surface area contributed by atoms with Gasteiger partial charge in [-0.3, -0.25) is 0 Å². The predicted molar refractivity (Wildman–Crippen MR) is 62.8 cm³/mol. The lowest BCUT2D eigenvalue weighted by Crippen LogP contribution is -2.28. The fourth-order valence-corrected chi connectivity index (χ4v) is 2.95. The van der Waals surface area contributed by atoms with E-state index in [0.29, 0.717) is 0 Å². The van der Waals surface area contributed by atoms with Crippen molar-refractivity contribution in [3.05, 3.63) is 22.4 Å². The summed E-state index contributed by atoms with van der Waals surface area (Å²) in [4.78, 5) is 0. The van der Waals surface area contributed by atoms with E-state index >= 15 is 0 Å². The van der Waals surface area contributed by atoms with Crippen LogP contribution in [-0.2, 0) is 6.42 Å². The highest BCUT2D eigenvalue weighted by atomic mass is 32.1. The van der Waals surface area contributed by atoms with Gasteiger partial charge in [0.05, 0.1) is 0 Å². The van der Waals surface area contributed by atoms with Gasteiger partial charge in [-0.25, -0.2) is 0 Å². The Bertz CT molecular complexity index is 255. The van der Waals surface area contributed by atoms with Gasteiger partial charge in [-0.2, -0.15) is 11.3 Å². The number of rotatable bonds is 4. The van der Waals surface area contributed by atoms with Crippen LogP contribution in [0.4, 0.5) is 0 Å². The maximum absolute atomic E-state index is 3.65. The van der Waals surface area contributed by atoms with Gasteiger partial charge in [0.1, 0.15) is 0 Å². The van der Waals surface area contributed by atoms with Crippen LogP contribution in [0.15, 0.2) is 16.8 Å². The Labute approximate surface area is 90.5 Å². The van der Waals surface area contributed by atoms with E-state index < -0.39 is 0 Å². The van der Waals surface area contributed by atoms with Gasteiger partial charge >= 0.3 is 0 Å². The summed E-state index contributed by atoms with van der Waals surface area (Å²) in [6, 6.07) is 3.02. The molecule has 0 radical (unpaired) electrons. The molecule has 0 bridgehead atoms. The van der Waals surface area contributed by atoms with Crippen LogP contribution in [0.1, 0.15) is 31.7 Å². The fraction of sp³-hybridized carbons (Fsp3) is 0.667. The molecular weight excluding hydrogens is 190 g/mol.